The van der Waals surface area contributed by atoms with Crippen LogP contribution < -0.4 is 5.73 Å². The third-order valence-corrected chi connectivity index (χ3v) is 3.06. The molecule has 0 heterocycles. The molecule has 0 unspecified atom stereocenters. The Kier molecular flexibility index (Phi) is 3.60. The Labute approximate surface area is 95.7 Å². The van der Waals surface area contributed by atoms with Crippen LogP contribution in [0.15, 0.2) is 21.1 Å². The Balaban J connectivity index is 3.32. The highest BCUT2D eigenvalue weighted by atomic mass is 79.9. The van der Waals surface area contributed by atoms with Crippen LogP contribution in [-0.2, 0) is 12.7 Å². The van der Waals surface area contributed by atoms with E-state index in [0.717, 1.165) is 6.07 Å². The Morgan fingerprint density at radius 1 is 1.14 bits per heavy atom. The number of benzene rings is 1. The van der Waals surface area contributed by atoms with Crippen LogP contribution in [0.1, 0.15) is 11.1 Å². The van der Waals surface area contributed by atoms with Crippen molar-refractivity contribution < 1.29 is 13.2 Å². The summed E-state index contributed by atoms with van der Waals surface area (Å²) in [5.41, 5.74) is 5.02. The molecular formula is C8H6Br2F3N. The zero-order valence-electron chi connectivity index (χ0n) is 6.83. The van der Waals surface area contributed by atoms with Crippen LogP contribution in [0.5, 0.6) is 0 Å². The molecule has 0 spiro atoms. The first-order valence-corrected chi connectivity index (χ1v) is 5.20. The summed E-state index contributed by atoms with van der Waals surface area (Å²) in [4.78, 5) is 0. The number of rotatable bonds is 1. The topological polar surface area (TPSA) is 26.0 Å². The van der Waals surface area contributed by atoms with E-state index in [-0.39, 0.29) is 11.0 Å². The lowest BCUT2D eigenvalue weighted by molar-refractivity contribution is -0.138. The molecule has 0 fully saturated rings. The van der Waals surface area contributed by atoms with E-state index in [9.17, 15) is 13.2 Å². The van der Waals surface area contributed by atoms with Gasteiger partial charge >= 0.3 is 6.18 Å². The van der Waals surface area contributed by atoms with Crippen molar-refractivity contribution in [2.75, 3.05) is 0 Å². The maximum Gasteiger partial charge on any atom is 0.417 e. The Bertz CT molecular complexity index is 349. The second-order valence-electron chi connectivity index (χ2n) is 2.63. The Morgan fingerprint density at radius 2 is 1.71 bits per heavy atom. The monoisotopic (exact) mass is 331 g/mol. The number of halogens is 5. The highest BCUT2D eigenvalue weighted by Gasteiger charge is 2.33. The number of alkyl halides is 3. The first kappa shape index (κ1) is 12.0. The molecule has 0 amide bonds. The summed E-state index contributed by atoms with van der Waals surface area (Å²) in [6.07, 6.45) is -4.36. The standard InChI is InChI=1S/C8H6Br2F3N/c9-6-2-7(10)5(8(11,12)13)1-4(6)3-14/h1-2H,3,14H2. The maximum atomic E-state index is 12.4. The van der Waals surface area contributed by atoms with Crippen LogP contribution in [0.4, 0.5) is 13.2 Å². The molecule has 0 radical (unpaired) electrons. The highest BCUT2D eigenvalue weighted by Crippen LogP contribution is 2.37. The fourth-order valence-electron chi connectivity index (χ4n) is 0.967. The van der Waals surface area contributed by atoms with Crippen molar-refractivity contribution in [2.45, 2.75) is 12.7 Å². The Hall–Kier alpha value is -0.0700. The normalized spacial score (nSPS) is 11.9. The fraction of sp³-hybridized carbons (Fsp3) is 0.250. The van der Waals surface area contributed by atoms with Crippen molar-refractivity contribution in [1.82, 2.24) is 0 Å². The molecule has 78 valence electrons. The fourth-order valence-corrected chi connectivity index (χ4v) is 2.35. The molecule has 1 nitrogen and oxygen atoms in total. The predicted octanol–water partition coefficient (Wildman–Crippen LogP) is 3.69. The second kappa shape index (κ2) is 4.20. The number of hydrogen-bond donors (Lipinski definition) is 1. The van der Waals surface area contributed by atoms with Gasteiger partial charge in [0.05, 0.1) is 5.56 Å². The molecule has 0 bridgehead atoms. The van der Waals surface area contributed by atoms with Gasteiger partial charge in [-0.3, -0.25) is 0 Å². The third-order valence-electron chi connectivity index (χ3n) is 1.66. The minimum Gasteiger partial charge on any atom is -0.326 e. The molecule has 0 saturated carbocycles. The molecule has 2 N–H and O–H groups in total. The minimum absolute atomic E-state index is 0.00840. The van der Waals surface area contributed by atoms with E-state index in [1.54, 1.807) is 0 Å². The van der Waals surface area contributed by atoms with Gasteiger partial charge in [0, 0.05) is 15.5 Å². The summed E-state index contributed by atoms with van der Waals surface area (Å²) in [7, 11) is 0. The molecule has 0 aliphatic rings. The molecule has 14 heavy (non-hydrogen) atoms. The van der Waals surface area contributed by atoms with Crippen LogP contribution in [-0.4, -0.2) is 0 Å². The molecule has 0 aliphatic carbocycles. The summed E-state index contributed by atoms with van der Waals surface area (Å²) in [5, 5.41) is 0. The van der Waals surface area contributed by atoms with Gasteiger partial charge in [0.15, 0.2) is 0 Å². The van der Waals surface area contributed by atoms with E-state index in [2.05, 4.69) is 31.9 Å². The summed E-state index contributed by atoms with van der Waals surface area (Å²) >= 11 is 5.99. The lowest BCUT2D eigenvalue weighted by atomic mass is 10.1. The molecule has 6 heteroatoms. The largest absolute Gasteiger partial charge is 0.417 e. The number of nitrogens with two attached hydrogens (primary N) is 1. The SMILES string of the molecule is NCc1cc(C(F)(F)F)c(Br)cc1Br. The average Bonchev–Trinajstić information content (AvgIpc) is 2.02. The van der Waals surface area contributed by atoms with Crippen LogP contribution in [0, 0.1) is 0 Å². The van der Waals surface area contributed by atoms with Gasteiger partial charge in [0.25, 0.3) is 0 Å². The summed E-state index contributed by atoms with van der Waals surface area (Å²) in [6, 6.07) is 2.39. The molecule has 0 aliphatic heterocycles. The first-order chi connectivity index (χ1) is 6.36. The van der Waals surface area contributed by atoms with Crippen molar-refractivity contribution in [1.29, 1.82) is 0 Å². The molecular weight excluding hydrogens is 327 g/mol. The smallest absolute Gasteiger partial charge is 0.326 e. The lowest BCUT2D eigenvalue weighted by Gasteiger charge is -2.11. The summed E-state index contributed by atoms with van der Waals surface area (Å²) in [5.74, 6) is 0. The second-order valence-corrected chi connectivity index (χ2v) is 4.33. The van der Waals surface area contributed by atoms with E-state index in [1.165, 1.54) is 6.07 Å². The molecule has 1 aromatic carbocycles. The van der Waals surface area contributed by atoms with E-state index in [1.807, 2.05) is 0 Å². The van der Waals surface area contributed by atoms with Gasteiger partial charge < -0.3 is 5.73 Å². The quantitative estimate of drug-likeness (QED) is 0.834. The molecule has 1 rings (SSSR count). The molecule has 0 saturated heterocycles. The van der Waals surface area contributed by atoms with Gasteiger partial charge in [0.1, 0.15) is 0 Å². The van der Waals surface area contributed by atoms with Gasteiger partial charge in [-0.15, -0.1) is 0 Å². The average molecular weight is 333 g/mol. The molecule has 0 atom stereocenters. The molecule has 1 aromatic rings. The van der Waals surface area contributed by atoms with Gasteiger partial charge in [-0.2, -0.15) is 13.2 Å². The zero-order chi connectivity index (χ0) is 10.9. The highest BCUT2D eigenvalue weighted by molar-refractivity contribution is 9.11. The summed E-state index contributed by atoms with van der Waals surface area (Å²) < 4.78 is 37.8. The van der Waals surface area contributed by atoms with E-state index >= 15 is 0 Å². The van der Waals surface area contributed by atoms with E-state index in [4.69, 9.17) is 5.73 Å². The van der Waals surface area contributed by atoms with Gasteiger partial charge in [-0.1, -0.05) is 31.9 Å². The van der Waals surface area contributed by atoms with Crippen molar-refractivity contribution in [3.05, 3.63) is 32.2 Å². The van der Waals surface area contributed by atoms with E-state index in [0.29, 0.717) is 10.0 Å². The van der Waals surface area contributed by atoms with Crippen LogP contribution >= 0.6 is 31.9 Å². The number of hydrogen-bond acceptors (Lipinski definition) is 1. The lowest BCUT2D eigenvalue weighted by Crippen LogP contribution is -2.08. The Morgan fingerprint density at radius 3 is 2.14 bits per heavy atom. The van der Waals surface area contributed by atoms with Crippen molar-refractivity contribution in [2.24, 2.45) is 5.73 Å². The van der Waals surface area contributed by atoms with Crippen molar-refractivity contribution in [3.63, 3.8) is 0 Å². The van der Waals surface area contributed by atoms with Crippen LogP contribution in [0.25, 0.3) is 0 Å². The minimum atomic E-state index is -4.36. The molecule has 0 aromatic heterocycles. The van der Waals surface area contributed by atoms with Gasteiger partial charge in [-0.25, -0.2) is 0 Å². The summed E-state index contributed by atoms with van der Waals surface area (Å²) in [6.45, 7) is 0.0664. The van der Waals surface area contributed by atoms with Crippen molar-refractivity contribution >= 4 is 31.9 Å². The van der Waals surface area contributed by atoms with Crippen LogP contribution in [0.3, 0.4) is 0 Å². The van der Waals surface area contributed by atoms with Crippen LogP contribution in [0.2, 0.25) is 0 Å². The van der Waals surface area contributed by atoms with Crippen molar-refractivity contribution in [3.8, 4) is 0 Å². The van der Waals surface area contributed by atoms with Gasteiger partial charge in [0.2, 0.25) is 0 Å². The third kappa shape index (κ3) is 2.49. The zero-order valence-corrected chi connectivity index (χ0v) is 10.0. The predicted molar refractivity (Wildman–Crippen MR) is 54.7 cm³/mol. The first-order valence-electron chi connectivity index (χ1n) is 3.61. The maximum absolute atomic E-state index is 12.4. The van der Waals surface area contributed by atoms with E-state index < -0.39 is 11.7 Å². The van der Waals surface area contributed by atoms with Gasteiger partial charge in [-0.05, 0) is 17.7 Å².